The lowest BCUT2D eigenvalue weighted by Gasteiger charge is -2.16. The zero-order chi connectivity index (χ0) is 21.7. The van der Waals surface area contributed by atoms with Crippen LogP contribution in [0.25, 0.3) is 11.8 Å². The first-order valence-electron chi connectivity index (χ1n) is 10.2. The summed E-state index contributed by atoms with van der Waals surface area (Å²) in [7, 11) is -3.18. The number of amides is 1. The summed E-state index contributed by atoms with van der Waals surface area (Å²) in [5, 5.41) is 7.38. The molecule has 1 aromatic heterocycles. The Bertz CT molecular complexity index is 1170. The average Bonchev–Trinajstić information content (AvgIpc) is 3.39. The number of carbonyl (C=O) groups excluding carboxylic acids is 1. The fourth-order valence-corrected chi connectivity index (χ4v) is 5.01. The Kier molecular flexibility index (Phi) is 6.18. The predicted octanol–water partition coefficient (Wildman–Crippen LogP) is 2.78. The van der Waals surface area contributed by atoms with Gasteiger partial charge in [-0.1, -0.05) is 30.3 Å². The van der Waals surface area contributed by atoms with Gasteiger partial charge in [0.05, 0.1) is 22.8 Å². The lowest BCUT2D eigenvalue weighted by molar-refractivity contribution is -0.116. The summed E-state index contributed by atoms with van der Waals surface area (Å²) in [4.78, 5) is 12.1. The van der Waals surface area contributed by atoms with Gasteiger partial charge >= 0.3 is 0 Å². The minimum Gasteiger partial charge on any atom is -0.352 e. The first-order chi connectivity index (χ1) is 15.0. The summed E-state index contributed by atoms with van der Waals surface area (Å²) in [5.74, 6) is 0.00936. The summed E-state index contributed by atoms with van der Waals surface area (Å²) in [6, 6.07) is 19.0. The molecule has 0 radical (unpaired) electrons. The number of hydrogen-bond acceptors (Lipinski definition) is 4. The van der Waals surface area contributed by atoms with Crippen molar-refractivity contribution in [2.24, 2.45) is 0 Å². The van der Waals surface area contributed by atoms with E-state index < -0.39 is 10.0 Å². The van der Waals surface area contributed by atoms with Crippen LogP contribution in [0.15, 0.2) is 72.9 Å². The number of nitrogens with one attached hydrogen (secondary N) is 1. The fourth-order valence-electron chi connectivity index (χ4n) is 3.45. The molecular formula is C23H24N4O3S. The quantitative estimate of drug-likeness (QED) is 0.577. The average molecular weight is 437 g/mol. The molecule has 1 saturated heterocycles. The highest BCUT2D eigenvalue weighted by Crippen LogP contribution is 2.24. The van der Waals surface area contributed by atoms with Gasteiger partial charge in [0, 0.05) is 31.8 Å². The van der Waals surface area contributed by atoms with E-state index in [-0.39, 0.29) is 11.7 Å². The van der Waals surface area contributed by atoms with Gasteiger partial charge in [0.15, 0.2) is 0 Å². The van der Waals surface area contributed by atoms with Crippen molar-refractivity contribution in [3.05, 3.63) is 84.2 Å². The first-order valence-corrected chi connectivity index (χ1v) is 11.8. The maximum absolute atomic E-state index is 12.1. The minimum absolute atomic E-state index is 0.186. The largest absolute Gasteiger partial charge is 0.352 e. The van der Waals surface area contributed by atoms with Crippen LogP contribution < -0.4 is 9.62 Å². The van der Waals surface area contributed by atoms with Gasteiger partial charge in [0.2, 0.25) is 15.9 Å². The summed E-state index contributed by atoms with van der Waals surface area (Å²) >= 11 is 0. The Morgan fingerprint density at radius 1 is 1.03 bits per heavy atom. The molecule has 8 heteroatoms. The van der Waals surface area contributed by atoms with Crippen LogP contribution in [0.1, 0.15) is 17.7 Å². The van der Waals surface area contributed by atoms with Gasteiger partial charge < -0.3 is 5.32 Å². The number of anilines is 1. The van der Waals surface area contributed by atoms with Crippen LogP contribution in [-0.2, 0) is 21.2 Å². The standard InChI is InChI=1S/C23H24N4O3S/c28-23(24-15-13-20-14-17-26(25-20)21-5-2-1-3-6-21)12-9-19-7-10-22(11-8-19)27-16-4-18-31(27,29)30/h1-3,5-12,14,17H,4,13,15-16,18H2,(H,24,28)/b12-9+. The fraction of sp³-hybridized carbons (Fsp3) is 0.217. The van der Waals surface area contributed by atoms with E-state index in [2.05, 4.69) is 10.4 Å². The van der Waals surface area contributed by atoms with Gasteiger partial charge in [-0.25, -0.2) is 13.1 Å². The molecule has 2 aromatic carbocycles. The smallest absolute Gasteiger partial charge is 0.244 e. The lowest BCUT2D eigenvalue weighted by atomic mass is 10.2. The Labute approximate surface area is 182 Å². The molecule has 4 rings (SSSR count). The second kappa shape index (κ2) is 9.18. The van der Waals surface area contributed by atoms with Crippen molar-refractivity contribution >= 4 is 27.7 Å². The number of para-hydroxylation sites is 1. The monoisotopic (exact) mass is 436 g/mol. The van der Waals surface area contributed by atoms with Crippen LogP contribution in [-0.4, -0.2) is 42.9 Å². The molecule has 0 aliphatic carbocycles. The molecule has 3 aromatic rings. The van der Waals surface area contributed by atoms with E-state index >= 15 is 0 Å². The van der Waals surface area contributed by atoms with E-state index in [1.807, 2.05) is 59.4 Å². The highest BCUT2D eigenvalue weighted by atomic mass is 32.2. The van der Waals surface area contributed by atoms with Crippen molar-refractivity contribution in [1.82, 2.24) is 15.1 Å². The highest BCUT2D eigenvalue weighted by Gasteiger charge is 2.28. The van der Waals surface area contributed by atoms with E-state index in [1.54, 1.807) is 18.2 Å². The molecule has 0 atom stereocenters. The summed E-state index contributed by atoms with van der Waals surface area (Å²) < 4.78 is 27.2. The molecule has 0 unspecified atom stereocenters. The maximum Gasteiger partial charge on any atom is 0.244 e. The first kappa shape index (κ1) is 20.9. The van der Waals surface area contributed by atoms with E-state index in [0.717, 1.165) is 16.9 Å². The van der Waals surface area contributed by atoms with Gasteiger partial charge in [0.25, 0.3) is 0 Å². The molecule has 0 spiro atoms. The van der Waals surface area contributed by atoms with Crippen LogP contribution >= 0.6 is 0 Å². The van der Waals surface area contributed by atoms with Crippen molar-refractivity contribution < 1.29 is 13.2 Å². The molecule has 0 saturated carbocycles. The number of aromatic nitrogens is 2. The van der Waals surface area contributed by atoms with Crippen LogP contribution in [0.2, 0.25) is 0 Å². The van der Waals surface area contributed by atoms with E-state index in [9.17, 15) is 13.2 Å². The Balaban J connectivity index is 1.26. The highest BCUT2D eigenvalue weighted by molar-refractivity contribution is 7.93. The molecule has 0 bridgehead atoms. The van der Waals surface area contributed by atoms with Crippen LogP contribution in [0.4, 0.5) is 5.69 Å². The van der Waals surface area contributed by atoms with Crippen LogP contribution in [0.5, 0.6) is 0 Å². The third kappa shape index (κ3) is 5.21. The third-order valence-electron chi connectivity index (χ3n) is 5.05. The molecule has 7 nitrogen and oxygen atoms in total. The molecule has 31 heavy (non-hydrogen) atoms. The third-order valence-corrected chi connectivity index (χ3v) is 6.92. The van der Waals surface area contributed by atoms with Crippen molar-refractivity contribution in [3.63, 3.8) is 0 Å². The van der Waals surface area contributed by atoms with Gasteiger partial charge in [0.1, 0.15) is 0 Å². The minimum atomic E-state index is -3.18. The Morgan fingerprint density at radius 3 is 2.52 bits per heavy atom. The van der Waals surface area contributed by atoms with E-state index in [0.29, 0.717) is 31.6 Å². The molecule has 1 aliphatic rings. The van der Waals surface area contributed by atoms with Crippen molar-refractivity contribution in [2.45, 2.75) is 12.8 Å². The van der Waals surface area contributed by atoms with E-state index in [4.69, 9.17) is 0 Å². The van der Waals surface area contributed by atoms with Gasteiger partial charge in [-0.05, 0) is 48.4 Å². The number of rotatable bonds is 7. The second-order valence-electron chi connectivity index (χ2n) is 7.29. The molecule has 1 N–H and O–H groups in total. The van der Waals surface area contributed by atoms with Crippen molar-refractivity contribution in [3.8, 4) is 5.69 Å². The number of hydrogen-bond donors (Lipinski definition) is 1. The normalized spacial score (nSPS) is 15.4. The van der Waals surface area contributed by atoms with Crippen LogP contribution in [0, 0.1) is 0 Å². The zero-order valence-electron chi connectivity index (χ0n) is 17.0. The Morgan fingerprint density at radius 2 is 1.81 bits per heavy atom. The lowest BCUT2D eigenvalue weighted by Crippen LogP contribution is -2.24. The number of carbonyl (C=O) groups is 1. The maximum atomic E-state index is 12.1. The number of sulfonamides is 1. The zero-order valence-corrected chi connectivity index (χ0v) is 17.8. The number of nitrogens with zero attached hydrogens (tertiary/aromatic N) is 3. The molecular weight excluding hydrogens is 412 g/mol. The molecule has 1 fully saturated rings. The van der Waals surface area contributed by atoms with E-state index in [1.165, 1.54) is 10.4 Å². The second-order valence-corrected chi connectivity index (χ2v) is 9.31. The predicted molar refractivity (Wildman–Crippen MR) is 122 cm³/mol. The Hall–Kier alpha value is -3.39. The molecule has 1 aliphatic heterocycles. The summed E-state index contributed by atoms with van der Waals surface area (Å²) in [6.07, 6.45) is 6.38. The topological polar surface area (TPSA) is 84.3 Å². The van der Waals surface area contributed by atoms with Crippen molar-refractivity contribution in [2.75, 3.05) is 23.1 Å². The molecule has 160 valence electrons. The van der Waals surface area contributed by atoms with Gasteiger partial charge in [-0.15, -0.1) is 0 Å². The SMILES string of the molecule is O=C(/C=C/c1ccc(N2CCCS2(=O)=O)cc1)NCCc1ccn(-c2ccccc2)n1. The molecule has 1 amide bonds. The van der Waals surface area contributed by atoms with Gasteiger partial charge in [-0.3, -0.25) is 9.10 Å². The summed E-state index contributed by atoms with van der Waals surface area (Å²) in [6.45, 7) is 1.00. The molecule has 2 heterocycles. The van der Waals surface area contributed by atoms with Crippen LogP contribution in [0.3, 0.4) is 0 Å². The van der Waals surface area contributed by atoms with Gasteiger partial charge in [-0.2, -0.15) is 5.10 Å². The summed E-state index contributed by atoms with van der Waals surface area (Å²) in [5.41, 5.74) is 3.39. The van der Waals surface area contributed by atoms with Crippen molar-refractivity contribution in [1.29, 1.82) is 0 Å². The number of benzene rings is 2.